The van der Waals surface area contributed by atoms with Gasteiger partial charge in [0, 0.05) is 47.4 Å². The van der Waals surface area contributed by atoms with Gasteiger partial charge in [-0.1, -0.05) is 29.3 Å². The fraction of sp³-hybridized carbons (Fsp3) is 0.391. The third-order valence-electron chi connectivity index (χ3n) is 5.10. The van der Waals surface area contributed by atoms with Crippen LogP contribution in [0.25, 0.3) is 11.1 Å². The number of hydrogen-bond donors (Lipinski definition) is 1. The number of halogens is 2. The lowest BCUT2D eigenvalue weighted by Gasteiger charge is -2.28. The molecule has 1 aromatic carbocycles. The van der Waals surface area contributed by atoms with Crippen molar-refractivity contribution in [3.63, 3.8) is 0 Å². The summed E-state index contributed by atoms with van der Waals surface area (Å²) in [6.07, 6.45) is -0.578. The molecule has 0 unspecified atom stereocenters. The Kier molecular flexibility index (Phi) is 6.91. The monoisotopic (exact) mass is 492 g/mol. The molecule has 0 spiro atoms. The Balaban J connectivity index is 2.23. The van der Waals surface area contributed by atoms with Crippen molar-refractivity contribution in [3.8, 4) is 11.1 Å². The summed E-state index contributed by atoms with van der Waals surface area (Å²) in [4.78, 5) is 45.2. The summed E-state index contributed by atoms with van der Waals surface area (Å²) in [6.45, 7) is 7.06. The third kappa shape index (κ3) is 5.07. The molecule has 10 heteroatoms. The van der Waals surface area contributed by atoms with Gasteiger partial charge in [-0.05, 0) is 39.8 Å². The molecule has 1 aliphatic heterocycles. The number of anilines is 1. The van der Waals surface area contributed by atoms with Gasteiger partial charge < -0.3 is 15.0 Å². The zero-order valence-corrected chi connectivity index (χ0v) is 20.9. The van der Waals surface area contributed by atoms with E-state index in [-0.39, 0.29) is 30.6 Å². The van der Waals surface area contributed by atoms with Crippen molar-refractivity contribution in [2.75, 3.05) is 25.5 Å². The van der Waals surface area contributed by atoms with Crippen LogP contribution >= 0.6 is 23.2 Å². The van der Waals surface area contributed by atoms with E-state index in [1.165, 1.54) is 16.8 Å². The highest BCUT2D eigenvalue weighted by Crippen LogP contribution is 2.43. The molecule has 33 heavy (non-hydrogen) atoms. The van der Waals surface area contributed by atoms with Crippen molar-refractivity contribution in [2.45, 2.75) is 39.8 Å². The third-order valence-corrected chi connectivity index (χ3v) is 5.65. The SMILES string of the molecule is CNC(=O)CN1Cc2c(nc(C)c(N(C)C(=O)OC(C)(C)C)c2-c2ccc(Cl)cc2Cl)C1=O. The number of aromatic nitrogens is 1. The molecular formula is C23H26Cl2N4O4. The van der Waals surface area contributed by atoms with Crippen LogP contribution in [0, 0.1) is 6.92 Å². The van der Waals surface area contributed by atoms with Crippen LogP contribution in [0.3, 0.4) is 0 Å². The number of amides is 3. The van der Waals surface area contributed by atoms with Crippen molar-refractivity contribution >= 4 is 46.8 Å². The lowest BCUT2D eigenvalue weighted by molar-refractivity contribution is -0.121. The molecule has 0 bridgehead atoms. The minimum Gasteiger partial charge on any atom is -0.443 e. The van der Waals surface area contributed by atoms with Crippen LogP contribution in [0.15, 0.2) is 18.2 Å². The molecule has 0 fully saturated rings. The first-order chi connectivity index (χ1) is 15.3. The van der Waals surface area contributed by atoms with E-state index in [1.54, 1.807) is 52.9 Å². The highest BCUT2D eigenvalue weighted by atomic mass is 35.5. The summed E-state index contributed by atoms with van der Waals surface area (Å²) >= 11 is 12.7. The molecule has 1 aliphatic rings. The predicted octanol–water partition coefficient (Wildman–Crippen LogP) is 4.44. The van der Waals surface area contributed by atoms with E-state index in [0.29, 0.717) is 38.1 Å². The Bertz CT molecular complexity index is 1140. The quantitative estimate of drug-likeness (QED) is 0.680. The lowest BCUT2D eigenvalue weighted by Crippen LogP contribution is -2.35. The van der Waals surface area contributed by atoms with Gasteiger partial charge in [-0.3, -0.25) is 14.5 Å². The van der Waals surface area contributed by atoms with Crippen LogP contribution in [-0.4, -0.2) is 54.0 Å². The summed E-state index contributed by atoms with van der Waals surface area (Å²) < 4.78 is 5.55. The first-order valence-corrected chi connectivity index (χ1v) is 11.0. The summed E-state index contributed by atoms with van der Waals surface area (Å²) in [6, 6.07) is 5.01. The van der Waals surface area contributed by atoms with Crippen LogP contribution in [-0.2, 0) is 16.1 Å². The average molecular weight is 493 g/mol. The van der Waals surface area contributed by atoms with Gasteiger partial charge in [0.15, 0.2) is 0 Å². The number of hydrogen-bond acceptors (Lipinski definition) is 5. The molecule has 2 aromatic rings. The zero-order chi connectivity index (χ0) is 24.7. The molecule has 1 aromatic heterocycles. The van der Waals surface area contributed by atoms with E-state index in [1.807, 2.05) is 0 Å². The minimum absolute atomic E-state index is 0.115. The van der Waals surface area contributed by atoms with Crippen LogP contribution < -0.4 is 10.2 Å². The molecule has 3 amide bonds. The number of aryl methyl sites for hydroxylation is 1. The van der Waals surface area contributed by atoms with Crippen LogP contribution in [0.5, 0.6) is 0 Å². The van der Waals surface area contributed by atoms with Gasteiger partial charge in [0.05, 0.1) is 11.4 Å². The highest BCUT2D eigenvalue weighted by molar-refractivity contribution is 6.36. The van der Waals surface area contributed by atoms with Crippen LogP contribution in [0.1, 0.15) is 42.5 Å². The number of carbonyl (C=O) groups is 3. The second-order valence-corrected chi connectivity index (χ2v) is 9.59. The molecule has 8 nitrogen and oxygen atoms in total. The largest absolute Gasteiger partial charge is 0.443 e. The van der Waals surface area contributed by atoms with Crippen LogP contribution in [0.4, 0.5) is 10.5 Å². The van der Waals surface area contributed by atoms with E-state index >= 15 is 0 Å². The second-order valence-electron chi connectivity index (χ2n) is 8.75. The normalized spacial score (nSPS) is 13.1. The minimum atomic E-state index is -0.707. The van der Waals surface area contributed by atoms with E-state index in [9.17, 15) is 14.4 Å². The van der Waals surface area contributed by atoms with Gasteiger partial charge in [0.25, 0.3) is 5.91 Å². The maximum Gasteiger partial charge on any atom is 0.414 e. The number of benzene rings is 1. The summed E-state index contributed by atoms with van der Waals surface area (Å²) in [7, 11) is 3.09. The number of nitrogens with zero attached hydrogens (tertiary/aromatic N) is 3. The van der Waals surface area contributed by atoms with Gasteiger partial charge in [-0.25, -0.2) is 9.78 Å². The first kappa shape index (κ1) is 24.8. The van der Waals surface area contributed by atoms with Crippen molar-refractivity contribution in [1.82, 2.24) is 15.2 Å². The van der Waals surface area contributed by atoms with Gasteiger partial charge in [0.1, 0.15) is 17.8 Å². The Morgan fingerprint density at radius 2 is 1.94 bits per heavy atom. The van der Waals surface area contributed by atoms with E-state index in [0.717, 1.165) is 0 Å². The Hall–Kier alpha value is -2.84. The Morgan fingerprint density at radius 3 is 2.52 bits per heavy atom. The Morgan fingerprint density at radius 1 is 1.27 bits per heavy atom. The standard InChI is InChI=1S/C23H26Cl2N4O4/c1-12-20(28(6)22(32)33-23(2,3)4)18(14-8-7-13(24)9-16(14)25)15-10-29(11-17(30)26-5)21(31)19(15)27-12/h7-9H,10-11H2,1-6H3,(H,26,30). The van der Waals surface area contributed by atoms with Gasteiger partial charge in [-0.2, -0.15) is 0 Å². The summed E-state index contributed by atoms with van der Waals surface area (Å²) in [5, 5.41) is 3.32. The van der Waals surface area contributed by atoms with E-state index < -0.39 is 11.7 Å². The molecule has 0 aliphatic carbocycles. The van der Waals surface area contributed by atoms with Crippen molar-refractivity contribution in [1.29, 1.82) is 0 Å². The van der Waals surface area contributed by atoms with Crippen LogP contribution in [0.2, 0.25) is 10.0 Å². The Labute approximate surface area is 202 Å². The van der Waals surface area contributed by atoms with Gasteiger partial charge in [-0.15, -0.1) is 0 Å². The molecule has 0 saturated carbocycles. The number of pyridine rings is 1. The predicted molar refractivity (Wildman–Crippen MR) is 128 cm³/mol. The second kappa shape index (κ2) is 9.19. The summed E-state index contributed by atoms with van der Waals surface area (Å²) in [5.74, 6) is -0.667. The number of carbonyl (C=O) groups excluding carboxylic acids is 3. The zero-order valence-electron chi connectivity index (χ0n) is 19.4. The fourth-order valence-electron chi connectivity index (χ4n) is 3.67. The molecule has 3 rings (SSSR count). The van der Waals surface area contributed by atoms with Crippen molar-refractivity contribution in [2.24, 2.45) is 0 Å². The summed E-state index contributed by atoms with van der Waals surface area (Å²) in [5.41, 5.74) is 2.15. The van der Waals surface area contributed by atoms with Gasteiger partial charge in [0.2, 0.25) is 5.91 Å². The maximum atomic E-state index is 13.0. The lowest BCUT2D eigenvalue weighted by atomic mass is 9.96. The van der Waals surface area contributed by atoms with Gasteiger partial charge >= 0.3 is 6.09 Å². The molecule has 0 atom stereocenters. The molecule has 1 N–H and O–H groups in total. The van der Waals surface area contributed by atoms with Crippen molar-refractivity contribution in [3.05, 3.63) is 45.2 Å². The van der Waals surface area contributed by atoms with E-state index in [4.69, 9.17) is 27.9 Å². The van der Waals surface area contributed by atoms with Crippen molar-refractivity contribution < 1.29 is 19.1 Å². The smallest absolute Gasteiger partial charge is 0.414 e. The molecular weight excluding hydrogens is 467 g/mol. The number of rotatable bonds is 4. The number of ether oxygens (including phenoxy) is 1. The number of fused-ring (bicyclic) bond motifs is 1. The molecule has 0 radical (unpaired) electrons. The maximum absolute atomic E-state index is 13.0. The molecule has 0 saturated heterocycles. The number of nitrogens with one attached hydrogen (secondary N) is 1. The topological polar surface area (TPSA) is 91.8 Å². The number of likely N-dealkylation sites (N-methyl/N-ethyl adjacent to an activating group) is 1. The average Bonchev–Trinajstić information content (AvgIpc) is 3.00. The molecule has 176 valence electrons. The highest BCUT2D eigenvalue weighted by Gasteiger charge is 2.37. The fourth-order valence-corrected chi connectivity index (χ4v) is 4.17. The molecule has 2 heterocycles. The van der Waals surface area contributed by atoms with E-state index in [2.05, 4.69) is 10.3 Å². The first-order valence-electron chi connectivity index (χ1n) is 10.3.